The molecule has 0 saturated carbocycles. The fourth-order valence-electron chi connectivity index (χ4n) is 1.32. The third-order valence-electron chi connectivity index (χ3n) is 1.93. The van der Waals surface area contributed by atoms with Crippen LogP contribution in [0.5, 0.6) is 0 Å². The molecular formula is C10H6BClF4N2. The fraction of sp³-hybridized carbons (Fsp3) is 0. The van der Waals surface area contributed by atoms with Crippen LogP contribution in [0.1, 0.15) is 0 Å². The molecule has 0 amide bonds. The minimum atomic E-state index is -6.00. The van der Waals surface area contributed by atoms with Crippen molar-refractivity contribution in [2.45, 2.75) is 0 Å². The van der Waals surface area contributed by atoms with Crippen molar-refractivity contribution in [1.82, 2.24) is 0 Å². The molecule has 0 aliphatic carbocycles. The van der Waals surface area contributed by atoms with E-state index < -0.39 is 7.25 Å². The van der Waals surface area contributed by atoms with Gasteiger partial charge in [0.25, 0.3) is 0 Å². The van der Waals surface area contributed by atoms with Gasteiger partial charge in [-0.2, -0.15) is 0 Å². The van der Waals surface area contributed by atoms with E-state index >= 15 is 0 Å². The van der Waals surface area contributed by atoms with Gasteiger partial charge in [-0.25, -0.2) is 0 Å². The van der Waals surface area contributed by atoms with E-state index in [2.05, 4.69) is 4.98 Å². The van der Waals surface area contributed by atoms with E-state index in [1.165, 1.54) is 0 Å². The molecular weight excluding hydrogens is 270 g/mol. The van der Waals surface area contributed by atoms with Gasteiger partial charge < -0.3 is 17.3 Å². The molecule has 0 radical (unpaired) electrons. The van der Waals surface area contributed by atoms with E-state index in [-0.39, 0.29) is 0 Å². The van der Waals surface area contributed by atoms with Crippen LogP contribution in [0.2, 0.25) is 5.02 Å². The topological polar surface area (TPSA) is 28.1 Å². The minimum absolute atomic E-state index is 0.542. The second-order valence-electron chi connectivity index (χ2n) is 3.24. The molecule has 2 aromatic rings. The van der Waals surface area contributed by atoms with Crippen LogP contribution in [0.3, 0.4) is 0 Å². The van der Waals surface area contributed by atoms with E-state index in [0.717, 1.165) is 10.8 Å². The monoisotopic (exact) mass is 276 g/mol. The van der Waals surface area contributed by atoms with Gasteiger partial charge >= 0.3 is 12.9 Å². The highest BCUT2D eigenvalue weighted by Crippen LogP contribution is 2.28. The highest BCUT2D eigenvalue weighted by Gasteiger charge is 2.20. The van der Waals surface area contributed by atoms with Crippen LogP contribution in [0.25, 0.3) is 15.7 Å². The maximum atomic E-state index is 9.75. The molecule has 0 atom stereocenters. The van der Waals surface area contributed by atoms with Gasteiger partial charge in [-0.3, -0.25) is 0 Å². The van der Waals surface area contributed by atoms with Crippen LogP contribution in [0.15, 0.2) is 36.4 Å². The Labute approximate surface area is 105 Å². The van der Waals surface area contributed by atoms with Gasteiger partial charge in [0.05, 0.1) is 5.39 Å². The van der Waals surface area contributed by atoms with Gasteiger partial charge in [0.2, 0.25) is 5.39 Å². The molecule has 0 spiro atoms. The summed E-state index contributed by atoms with van der Waals surface area (Å²) < 4.78 is 39.0. The van der Waals surface area contributed by atoms with Crippen molar-refractivity contribution in [2.24, 2.45) is 0 Å². The van der Waals surface area contributed by atoms with Crippen molar-refractivity contribution in [2.75, 3.05) is 0 Å². The number of fused-ring (bicyclic) bond motifs is 1. The number of halogens is 5. The number of benzene rings is 2. The van der Waals surface area contributed by atoms with Crippen LogP contribution in [-0.4, -0.2) is 7.25 Å². The summed E-state index contributed by atoms with van der Waals surface area (Å²) in [6.07, 6.45) is 0. The maximum Gasteiger partial charge on any atom is 0.673 e. The van der Waals surface area contributed by atoms with Gasteiger partial charge in [-0.1, -0.05) is 29.8 Å². The Morgan fingerprint density at radius 3 is 2.22 bits per heavy atom. The first-order valence-electron chi connectivity index (χ1n) is 4.72. The number of nitrogens with zero attached hydrogens (tertiary/aromatic N) is 2. The standard InChI is InChI=1S/C10H6ClN2.BF4/c11-8-5-4-7-2-1-3-10(13-12)9(7)6-8;2-1(3,4)5/h1-6H;/q+1;-1. The Kier molecular flexibility index (Phi) is 4.51. The lowest BCUT2D eigenvalue weighted by molar-refractivity contribution is 0.368. The molecule has 0 bridgehead atoms. The zero-order valence-electron chi connectivity index (χ0n) is 8.83. The summed E-state index contributed by atoms with van der Waals surface area (Å²) in [5.74, 6) is 0. The van der Waals surface area contributed by atoms with E-state index in [1.807, 2.05) is 24.3 Å². The molecule has 8 heteroatoms. The second kappa shape index (κ2) is 5.69. The number of rotatable bonds is 0. The summed E-state index contributed by atoms with van der Waals surface area (Å²) >= 11 is 5.82. The van der Waals surface area contributed by atoms with Crippen molar-refractivity contribution in [3.05, 3.63) is 46.4 Å². The predicted octanol–water partition coefficient (Wildman–Crippen LogP) is 5.28. The molecule has 0 unspecified atom stereocenters. The van der Waals surface area contributed by atoms with Crippen molar-refractivity contribution in [3.8, 4) is 0 Å². The van der Waals surface area contributed by atoms with Crippen LogP contribution in [-0.2, 0) is 0 Å². The van der Waals surface area contributed by atoms with Gasteiger partial charge in [-0.05, 0) is 17.5 Å². The highest BCUT2D eigenvalue weighted by molar-refractivity contribution is 6.50. The Hall–Kier alpha value is -1.81. The molecule has 0 aliphatic rings. The summed E-state index contributed by atoms with van der Waals surface area (Å²) in [5, 5.41) is 11.2. The molecule has 0 saturated heterocycles. The van der Waals surface area contributed by atoms with Gasteiger partial charge in [0.15, 0.2) is 4.98 Å². The number of hydrogen-bond donors (Lipinski definition) is 0. The predicted molar refractivity (Wildman–Crippen MR) is 63.9 cm³/mol. The molecule has 2 rings (SSSR count). The fourth-order valence-corrected chi connectivity index (χ4v) is 1.49. The first-order valence-corrected chi connectivity index (χ1v) is 5.10. The van der Waals surface area contributed by atoms with E-state index in [0.29, 0.717) is 10.7 Å². The summed E-state index contributed by atoms with van der Waals surface area (Å²) in [4.78, 5) is 3.18. The molecule has 18 heavy (non-hydrogen) atoms. The lowest BCUT2D eigenvalue weighted by Crippen LogP contribution is -2.02. The molecule has 0 aliphatic heterocycles. The quantitative estimate of drug-likeness (QED) is 0.365. The van der Waals surface area contributed by atoms with Crippen LogP contribution in [0, 0.1) is 5.39 Å². The normalized spacial score (nSPS) is 10.4. The summed E-state index contributed by atoms with van der Waals surface area (Å²) in [6, 6.07) is 11.0. The van der Waals surface area contributed by atoms with Crippen LogP contribution < -0.4 is 0 Å². The lowest BCUT2D eigenvalue weighted by atomic mass is 10.1. The molecule has 2 aromatic carbocycles. The maximum absolute atomic E-state index is 9.75. The SMILES string of the molecule is F[B-](F)(F)F.N#[N+]c1cccc2ccc(Cl)cc12. The van der Waals surface area contributed by atoms with Gasteiger partial charge in [0, 0.05) is 11.1 Å². The van der Waals surface area contributed by atoms with Gasteiger partial charge in [0.1, 0.15) is 0 Å². The minimum Gasteiger partial charge on any atom is -0.418 e. The smallest absolute Gasteiger partial charge is 0.418 e. The third kappa shape index (κ3) is 4.59. The first kappa shape index (κ1) is 14.3. The van der Waals surface area contributed by atoms with Crippen molar-refractivity contribution >= 4 is 35.3 Å². The molecule has 0 heterocycles. The zero-order valence-corrected chi connectivity index (χ0v) is 9.58. The first-order chi connectivity index (χ1) is 8.31. The summed E-state index contributed by atoms with van der Waals surface area (Å²) in [5.41, 5.74) is 0.542. The molecule has 0 aromatic heterocycles. The number of diazo groups is 1. The Balaban J connectivity index is 0.000000280. The largest absolute Gasteiger partial charge is 0.673 e. The highest BCUT2D eigenvalue weighted by atomic mass is 35.5. The van der Waals surface area contributed by atoms with Gasteiger partial charge in [-0.15, -0.1) is 0 Å². The number of hydrogen-bond acceptors (Lipinski definition) is 1. The average molecular weight is 276 g/mol. The Morgan fingerprint density at radius 2 is 1.67 bits per heavy atom. The van der Waals surface area contributed by atoms with Crippen molar-refractivity contribution in [3.63, 3.8) is 0 Å². The van der Waals surface area contributed by atoms with Crippen molar-refractivity contribution < 1.29 is 17.3 Å². The Bertz CT molecular complexity index is 588. The van der Waals surface area contributed by atoms with E-state index in [9.17, 15) is 17.3 Å². The second-order valence-corrected chi connectivity index (χ2v) is 3.67. The Morgan fingerprint density at radius 1 is 1.06 bits per heavy atom. The summed E-state index contributed by atoms with van der Waals surface area (Å²) in [6.45, 7) is 0. The van der Waals surface area contributed by atoms with Crippen molar-refractivity contribution in [1.29, 1.82) is 5.39 Å². The molecule has 94 valence electrons. The third-order valence-corrected chi connectivity index (χ3v) is 2.16. The zero-order chi connectivity index (χ0) is 13.8. The lowest BCUT2D eigenvalue weighted by Gasteiger charge is -1.94. The van der Waals surface area contributed by atoms with E-state index in [4.69, 9.17) is 17.0 Å². The van der Waals surface area contributed by atoms with Crippen LogP contribution >= 0.6 is 11.6 Å². The molecule has 2 nitrogen and oxygen atoms in total. The average Bonchev–Trinajstić information content (AvgIpc) is 2.26. The summed E-state index contributed by atoms with van der Waals surface area (Å²) in [7, 11) is -6.00. The van der Waals surface area contributed by atoms with Crippen LogP contribution in [0.4, 0.5) is 23.0 Å². The molecule has 0 fully saturated rings. The molecule has 0 N–H and O–H groups in total. The van der Waals surface area contributed by atoms with E-state index in [1.54, 1.807) is 12.1 Å².